The van der Waals surface area contributed by atoms with Crippen LogP contribution in [0.1, 0.15) is 5.56 Å². The topological polar surface area (TPSA) is 68.0 Å². The number of nitrogens with zero attached hydrogens (tertiary/aromatic N) is 1. The molecule has 3 N–H and O–H groups in total. The van der Waals surface area contributed by atoms with E-state index in [-0.39, 0.29) is 5.91 Å². The van der Waals surface area contributed by atoms with E-state index in [1.165, 1.54) is 6.08 Å². The van der Waals surface area contributed by atoms with Crippen LogP contribution >= 0.6 is 0 Å². The van der Waals surface area contributed by atoms with Gasteiger partial charge in [-0.1, -0.05) is 18.2 Å². The number of nitrogens with two attached hydrogens (primary N) is 1. The van der Waals surface area contributed by atoms with Crippen molar-refractivity contribution in [3.63, 3.8) is 0 Å². The van der Waals surface area contributed by atoms with Crippen LogP contribution in [0.2, 0.25) is 0 Å². The molecule has 0 bridgehead atoms. The van der Waals surface area contributed by atoms with Crippen molar-refractivity contribution in [2.24, 2.45) is 0 Å². The maximum Gasteiger partial charge on any atom is 0.249 e. The van der Waals surface area contributed by atoms with Crippen LogP contribution < -0.4 is 11.1 Å². The molecular formula is C14H13N3O. The van der Waals surface area contributed by atoms with E-state index < -0.39 is 0 Å². The van der Waals surface area contributed by atoms with Crippen molar-refractivity contribution >= 4 is 23.5 Å². The van der Waals surface area contributed by atoms with Crippen molar-refractivity contribution in [2.75, 3.05) is 11.1 Å². The molecule has 1 aromatic carbocycles. The molecule has 0 radical (unpaired) electrons. The van der Waals surface area contributed by atoms with Crippen LogP contribution in [0, 0.1) is 0 Å². The summed E-state index contributed by atoms with van der Waals surface area (Å²) in [4.78, 5) is 15.6. The Kier molecular flexibility index (Phi) is 3.71. The number of aromatic nitrogens is 1. The van der Waals surface area contributed by atoms with Crippen LogP contribution in [-0.2, 0) is 4.79 Å². The molecule has 1 amide bonds. The molecule has 4 heteroatoms. The predicted molar refractivity (Wildman–Crippen MR) is 72.8 cm³/mol. The third-order valence-corrected chi connectivity index (χ3v) is 2.25. The van der Waals surface area contributed by atoms with E-state index in [4.69, 9.17) is 5.73 Å². The van der Waals surface area contributed by atoms with Gasteiger partial charge in [-0.25, -0.2) is 4.98 Å². The first-order chi connectivity index (χ1) is 8.74. The molecule has 0 saturated heterocycles. The fourth-order valence-corrected chi connectivity index (χ4v) is 1.44. The first-order valence-electron chi connectivity index (χ1n) is 5.50. The summed E-state index contributed by atoms with van der Waals surface area (Å²) in [6.45, 7) is 0. The Labute approximate surface area is 105 Å². The van der Waals surface area contributed by atoms with Crippen LogP contribution in [0.25, 0.3) is 6.08 Å². The number of pyridine rings is 1. The fraction of sp³-hybridized carbons (Fsp3) is 0. The van der Waals surface area contributed by atoms with Crippen molar-refractivity contribution in [3.05, 3.63) is 60.3 Å². The van der Waals surface area contributed by atoms with Crippen LogP contribution in [-0.4, -0.2) is 10.9 Å². The lowest BCUT2D eigenvalue weighted by Crippen LogP contribution is -2.08. The smallest absolute Gasteiger partial charge is 0.249 e. The van der Waals surface area contributed by atoms with Crippen molar-refractivity contribution < 1.29 is 4.79 Å². The average Bonchev–Trinajstić information content (AvgIpc) is 2.38. The van der Waals surface area contributed by atoms with E-state index in [9.17, 15) is 4.79 Å². The second-order valence-corrected chi connectivity index (χ2v) is 3.71. The highest BCUT2D eigenvalue weighted by Gasteiger charge is 1.97. The van der Waals surface area contributed by atoms with E-state index in [2.05, 4.69) is 10.3 Å². The molecule has 4 nitrogen and oxygen atoms in total. The van der Waals surface area contributed by atoms with E-state index >= 15 is 0 Å². The number of anilines is 2. The maximum atomic E-state index is 11.6. The lowest BCUT2D eigenvalue weighted by molar-refractivity contribution is -0.111. The van der Waals surface area contributed by atoms with Crippen LogP contribution in [0.15, 0.2) is 54.7 Å². The molecule has 0 aliphatic carbocycles. The maximum absolute atomic E-state index is 11.6. The summed E-state index contributed by atoms with van der Waals surface area (Å²) in [5, 5.41) is 2.66. The Hall–Kier alpha value is -2.62. The number of nitrogens with one attached hydrogen (secondary N) is 1. The zero-order valence-corrected chi connectivity index (χ0v) is 9.71. The van der Waals surface area contributed by atoms with Gasteiger partial charge in [0.15, 0.2) is 0 Å². The second-order valence-electron chi connectivity index (χ2n) is 3.71. The minimum atomic E-state index is -0.226. The van der Waals surface area contributed by atoms with Gasteiger partial charge in [-0.2, -0.15) is 0 Å². The Bertz CT molecular complexity index is 564. The highest BCUT2D eigenvalue weighted by atomic mass is 16.1. The molecule has 2 aromatic rings. The summed E-state index contributed by atoms with van der Waals surface area (Å²) < 4.78 is 0. The Morgan fingerprint density at radius 3 is 2.83 bits per heavy atom. The number of benzene rings is 1. The summed E-state index contributed by atoms with van der Waals surface area (Å²) in [6.07, 6.45) is 4.77. The molecule has 0 saturated carbocycles. The van der Waals surface area contributed by atoms with Gasteiger partial charge in [0.05, 0.1) is 0 Å². The molecule has 1 aromatic heterocycles. The largest absolute Gasteiger partial charge is 0.399 e. The molecule has 18 heavy (non-hydrogen) atoms. The van der Waals surface area contributed by atoms with Crippen molar-refractivity contribution in [3.8, 4) is 0 Å². The monoisotopic (exact) mass is 239 g/mol. The number of rotatable bonds is 3. The lowest BCUT2D eigenvalue weighted by Gasteiger charge is -1.99. The summed E-state index contributed by atoms with van der Waals surface area (Å²) in [5.74, 6) is 0.302. The number of hydrogen-bond acceptors (Lipinski definition) is 3. The first kappa shape index (κ1) is 11.9. The molecule has 0 unspecified atom stereocenters. The van der Waals surface area contributed by atoms with Gasteiger partial charge < -0.3 is 11.1 Å². The van der Waals surface area contributed by atoms with E-state index in [0.29, 0.717) is 11.5 Å². The van der Waals surface area contributed by atoms with Gasteiger partial charge in [0.2, 0.25) is 5.91 Å². The summed E-state index contributed by atoms with van der Waals surface area (Å²) >= 11 is 0. The van der Waals surface area contributed by atoms with Crippen molar-refractivity contribution in [1.29, 1.82) is 0 Å². The molecule has 0 atom stereocenters. The number of nitrogen functional groups attached to an aromatic ring is 1. The third kappa shape index (κ3) is 3.45. The molecule has 1 heterocycles. The molecule has 0 aliphatic rings. The molecule has 90 valence electrons. The van der Waals surface area contributed by atoms with Crippen LogP contribution in [0.4, 0.5) is 11.5 Å². The Morgan fingerprint density at radius 1 is 1.22 bits per heavy atom. The molecule has 0 spiro atoms. The zero-order chi connectivity index (χ0) is 12.8. The second kappa shape index (κ2) is 5.63. The Balaban J connectivity index is 1.99. The van der Waals surface area contributed by atoms with E-state index in [0.717, 1.165) is 5.56 Å². The van der Waals surface area contributed by atoms with Crippen molar-refractivity contribution in [1.82, 2.24) is 4.98 Å². The fourth-order valence-electron chi connectivity index (χ4n) is 1.44. The number of carbonyl (C=O) groups excluding carboxylic acids is 1. The normalized spacial score (nSPS) is 10.4. The number of hydrogen-bond donors (Lipinski definition) is 2. The number of amides is 1. The van der Waals surface area contributed by atoms with E-state index in [1.807, 2.05) is 18.2 Å². The minimum absolute atomic E-state index is 0.226. The average molecular weight is 239 g/mol. The molecule has 0 aliphatic heterocycles. The van der Waals surface area contributed by atoms with Crippen molar-refractivity contribution in [2.45, 2.75) is 0 Å². The van der Waals surface area contributed by atoms with Crippen LogP contribution in [0.5, 0.6) is 0 Å². The third-order valence-electron chi connectivity index (χ3n) is 2.25. The SMILES string of the molecule is Nc1cccc(/C=C/C(=O)Nc2ccccn2)c1. The Morgan fingerprint density at radius 2 is 2.11 bits per heavy atom. The van der Waals surface area contributed by atoms with Gasteiger partial charge >= 0.3 is 0 Å². The predicted octanol–water partition coefficient (Wildman–Crippen LogP) is 2.32. The summed E-state index contributed by atoms with van der Waals surface area (Å²) in [5.41, 5.74) is 7.19. The van der Waals surface area contributed by atoms with Gasteiger partial charge in [-0.15, -0.1) is 0 Å². The van der Waals surface area contributed by atoms with Gasteiger partial charge in [0, 0.05) is 18.0 Å². The highest BCUT2D eigenvalue weighted by molar-refractivity contribution is 6.01. The zero-order valence-electron chi connectivity index (χ0n) is 9.71. The molecular weight excluding hydrogens is 226 g/mol. The molecule has 2 rings (SSSR count). The molecule has 0 fully saturated rings. The van der Waals surface area contributed by atoms with Gasteiger partial charge in [-0.3, -0.25) is 4.79 Å². The number of carbonyl (C=O) groups is 1. The standard InChI is InChI=1S/C14H13N3O/c15-12-5-3-4-11(10-12)7-8-14(18)17-13-6-1-2-9-16-13/h1-10H,15H2,(H,16,17,18)/b8-7+. The first-order valence-corrected chi connectivity index (χ1v) is 5.50. The summed E-state index contributed by atoms with van der Waals surface area (Å²) in [6, 6.07) is 12.6. The lowest BCUT2D eigenvalue weighted by atomic mass is 10.2. The highest BCUT2D eigenvalue weighted by Crippen LogP contribution is 2.08. The summed E-state index contributed by atoms with van der Waals surface area (Å²) in [7, 11) is 0. The van der Waals surface area contributed by atoms with Gasteiger partial charge in [-0.05, 0) is 35.9 Å². The quantitative estimate of drug-likeness (QED) is 0.638. The minimum Gasteiger partial charge on any atom is -0.399 e. The van der Waals surface area contributed by atoms with Gasteiger partial charge in [0.25, 0.3) is 0 Å². The van der Waals surface area contributed by atoms with Gasteiger partial charge in [0.1, 0.15) is 5.82 Å². The van der Waals surface area contributed by atoms with Crippen LogP contribution in [0.3, 0.4) is 0 Å². The van der Waals surface area contributed by atoms with E-state index in [1.54, 1.807) is 36.5 Å².